The number of carbonyl (C=O) groups is 4. The summed E-state index contributed by atoms with van der Waals surface area (Å²) in [6.45, 7) is 6.69. The third-order valence-electron chi connectivity index (χ3n) is 4.04. The second-order valence-corrected chi connectivity index (χ2v) is 6.93. The topological polar surface area (TPSA) is 131 Å². The lowest BCUT2D eigenvalue weighted by molar-refractivity contribution is -0.159. The molecule has 9 nitrogen and oxygen atoms in total. The normalized spacial score (nSPS) is 12.4. The fourth-order valence-corrected chi connectivity index (χ4v) is 2.38. The molecule has 0 heterocycles. The molecule has 31 heavy (non-hydrogen) atoms. The molecule has 0 spiro atoms. The predicted octanol–water partition coefficient (Wildman–Crippen LogP) is 2.46. The van der Waals surface area contributed by atoms with E-state index in [4.69, 9.17) is 24.7 Å². The van der Waals surface area contributed by atoms with Gasteiger partial charge in [0.1, 0.15) is 18.8 Å². The molecule has 1 aromatic rings. The van der Waals surface area contributed by atoms with E-state index >= 15 is 0 Å². The Morgan fingerprint density at radius 3 is 2.13 bits per heavy atom. The van der Waals surface area contributed by atoms with E-state index in [0.29, 0.717) is 18.4 Å². The van der Waals surface area contributed by atoms with Gasteiger partial charge < -0.3 is 24.7 Å². The Morgan fingerprint density at radius 2 is 1.55 bits per heavy atom. The second-order valence-electron chi connectivity index (χ2n) is 6.93. The fraction of sp³-hybridized carbons (Fsp3) is 0.545. The van der Waals surface area contributed by atoms with Gasteiger partial charge in [0.15, 0.2) is 11.5 Å². The number of benzene rings is 1. The van der Waals surface area contributed by atoms with Crippen LogP contribution in [0.5, 0.6) is 11.5 Å². The summed E-state index contributed by atoms with van der Waals surface area (Å²) >= 11 is 0. The average molecular weight is 437 g/mol. The van der Waals surface area contributed by atoms with Crippen LogP contribution in [0.15, 0.2) is 18.2 Å². The van der Waals surface area contributed by atoms with Crippen molar-refractivity contribution in [1.29, 1.82) is 0 Å². The molecule has 0 aliphatic heterocycles. The molecule has 0 amide bonds. The van der Waals surface area contributed by atoms with Crippen molar-refractivity contribution in [3.05, 3.63) is 23.8 Å². The molecule has 0 fully saturated rings. The molecular weight excluding hydrogens is 406 g/mol. The van der Waals surface area contributed by atoms with Gasteiger partial charge in [0.2, 0.25) is 0 Å². The number of rotatable bonds is 12. The number of esters is 4. The van der Waals surface area contributed by atoms with Crippen LogP contribution in [0.4, 0.5) is 0 Å². The Balaban J connectivity index is 2.77. The molecular formula is C22H31NO8. The number of hydrogen-bond donors (Lipinski definition) is 1. The van der Waals surface area contributed by atoms with Crippen molar-refractivity contribution in [1.82, 2.24) is 0 Å². The molecule has 9 heteroatoms. The summed E-state index contributed by atoms with van der Waals surface area (Å²) in [6.07, 6.45) is 0.721. The first-order chi connectivity index (χ1) is 14.7. The van der Waals surface area contributed by atoms with Gasteiger partial charge in [-0.15, -0.1) is 0 Å². The molecule has 0 radical (unpaired) electrons. The van der Waals surface area contributed by atoms with E-state index in [0.717, 1.165) is 0 Å². The van der Waals surface area contributed by atoms with Crippen molar-refractivity contribution in [3.8, 4) is 11.5 Å². The van der Waals surface area contributed by atoms with Gasteiger partial charge in [0.25, 0.3) is 0 Å². The molecule has 0 bridgehead atoms. The van der Waals surface area contributed by atoms with Gasteiger partial charge in [-0.2, -0.15) is 0 Å². The summed E-state index contributed by atoms with van der Waals surface area (Å²) < 4.78 is 20.7. The van der Waals surface area contributed by atoms with E-state index in [9.17, 15) is 19.2 Å². The summed E-state index contributed by atoms with van der Waals surface area (Å²) in [7, 11) is 0. The summed E-state index contributed by atoms with van der Waals surface area (Å²) in [5, 5.41) is 0. The minimum atomic E-state index is -0.993. The van der Waals surface area contributed by atoms with E-state index < -0.39 is 30.1 Å². The predicted molar refractivity (Wildman–Crippen MR) is 111 cm³/mol. The molecule has 0 aliphatic rings. The van der Waals surface area contributed by atoms with Crippen LogP contribution < -0.4 is 15.2 Å². The number of hydrogen-bond acceptors (Lipinski definition) is 9. The van der Waals surface area contributed by atoms with Crippen LogP contribution in [0.1, 0.15) is 58.9 Å². The molecule has 1 rings (SSSR count). The van der Waals surface area contributed by atoms with Gasteiger partial charge in [-0.3, -0.25) is 19.2 Å². The van der Waals surface area contributed by atoms with Gasteiger partial charge in [-0.05, 0) is 37.5 Å². The maximum absolute atomic E-state index is 12.2. The van der Waals surface area contributed by atoms with Crippen LogP contribution in [0.25, 0.3) is 0 Å². The molecule has 0 aromatic heterocycles. The molecule has 1 aromatic carbocycles. The number of carbonyl (C=O) groups excluding carboxylic acids is 4. The van der Waals surface area contributed by atoms with Crippen molar-refractivity contribution in [3.63, 3.8) is 0 Å². The maximum atomic E-state index is 12.2. The van der Waals surface area contributed by atoms with Gasteiger partial charge in [-0.1, -0.05) is 26.8 Å². The average Bonchev–Trinajstić information content (AvgIpc) is 2.73. The third kappa shape index (κ3) is 9.61. The second kappa shape index (κ2) is 13.4. The highest BCUT2D eigenvalue weighted by Crippen LogP contribution is 2.30. The van der Waals surface area contributed by atoms with E-state index in [1.165, 1.54) is 12.1 Å². The smallest absolute Gasteiger partial charge is 0.323 e. The number of nitrogens with two attached hydrogens (primary N) is 1. The Hall–Kier alpha value is -2.94. The maximum Gasteiger partial charge on any atom is 0.323 e. The molecule has 0 unspecified atom stereocenters. The van der Waals surface area contributed by atoms with E-state index in [1.54, 1.807) is 26.8 Å². The lowest BCUT2D eigenvalue weighted by Crippen LogP contribution is -2.37. The molecule has 2 atom stereocenters. The Morgan fingerprint density at radius 1 is 0.935 bits per heavy atom. The van der Waals surface area contributed by atoms with Crippen LogP contribution in [0.2, 0.25) is 0 Å². The largest absolute Gasteiger partial charge is 0.462 e. The van der Waals surface area contributed by atoms with E-state index in [2.05, 4.69) is 0 Å². The molecule has 172 valence electrons. The highest BCUT2D eigenvalue weighted by molar-refractivity contribution is 5.77. The van der Waals surface area contributed by atoms with Crippen LogP contribution in [-0.2, 0) is 35.1 Å². The molecule has 2 N–H and O–H groups in total. The van der Waals surface area contributed by atoms with Crippen LogP contribution in [-0.4, -0.2) is 42.6 Å². The lowest BCUT2D eigenvalue weighted by atomic mass is 10.1. The fourth-order valence-electron chi connectivity index (χ4n) is 2.38. The first-order valence-electron chi connectivity index (χ1n) is 10.4. The zero-order valence-electron chi connectivity index (χ0n) is 18.5. The monoisotopic (exact) mass is 437 g/mol. The van der Waals surface area contributed by atoms with Crippen molar-refractivity contribution in [2.24, 2.45) is 5.73 Å². The summed E-state index contributed by atoms with van der Waals surface area (Å²) in [6, 6.07) is 3.60. The van der Waals surface area contributed by atoms with Crippen molar-refractivity contribution < 1.29 is 38.1 Å². The Labute approximate surface area is 182 Å². The Bertz CT molecular complexity index is 777. The summed E-state index contributed by atoms with van der Waals surface area (Å²) in [4.78, 5) is 46.9. The zero-order chi connectivity index (χ0) is 23.4. The van der Waals surface area contributed by atoms with Gasteiger partial charge in [0, 0.05) is 19.3 Å². The summed E-state index contributed by atoms with van der Waals surface area (Å²) in [5.41, 5.74) is 6.53. The van der Waals surface area contributed by atoms with Crippen molar-refractivity contribution in [2.45, 2.75) is 71.9 Å². The van der Waals surface area contributed by atoms with Crippen LogP contribution >= 0.6 is 0 Å². The van der Waals surface area contributed by atoms with Gasteiger partial charge >= 0.3 is 23.9 Å². The highest BCUT2D eigenvalue weighted by atomic mass is 16.6. The zero-order valence-corrected chi connectivity index (χ0v) is 18.5. The van der Waals surface area contributed by atoms with Crippen molar-refractivity contribution >= 4 is 23.9 Å². The van der Waals surface area contributed by atoms with E-state index in [1.807, 2.05) is 6.92 Å². The summed E-state index contributed by atoms with van der Waals surface area (Å²) in [5.74, 6) is -1.81. The van der Waals surface area contributed by atoms with Gasteiger partial charge in [-0.25, -0.2) is 0 Å². The van der Waals surface area contributed by atoms with Crippen molar-refractivity contribution in [2.75, 3.05) is 6.61 Å². The first kappa shape index (κ1) is 26.1. The minimum Gasteiger partial charge on any atom is -0.462 e. The first-order valence-corrected chi connectivity index (χ1v) is 10.4. The van der Waals surface area contributed by atoms with E-state index in [-0.39, 0.29) is 43.3 Å². The molecule has 0 saturated carbocycles. The standard InChI is InChI=1S/C22H31NO8/c1-5-8-21(26)28-13-14(4)29-22(27)16(23)11-15-9-10-17(30-19(24)6-2)18(12-15)31-20(25)7-3/h9-10,12,14,16H,5-8,11,13,23H2,1-4H3/t14-,16-/m0/s1. The molecule has 0 saturated heterocycles. The number of ether oxygens (including phenoxy) is 4. The van der Waals surface area contributed by atoms with Crippen LogP contribution in [0.3, 0.4) is 0 Å². The molecule has 0 aliphatic carbocycles. The lowest BCUT2D eigenvalue weighted by Gasteiger charge is -2.17. The Kier molecular flexibility index (Phi) is 11.3. The quantitative estimate of drug-likeness (QED) is 0.387. The minimum absolute atomic E-state index is 0.0497. The van der Waals surface area contributed by atoms with Crippen LogP contribution in [0, 0.1) is 0 Å². The SMILES string of the molecule is CCCC(=O)OC[C@H](C)OC(=O)[C@@H](N)Cc1ccc(OC(=O)CC)c(OC(=O)CC)c1. The van der Waals surface area contributed by atoms with Gasteiger partial charge in [0.05, 0.1) is 0 Å². The third-order valence-corrected chi connectivity index (χ3v) is 4.04. The highest BCUT2D eigenvalue weighted by Gasteiger charge is 2.21.